The van der Waals surface area contributed by atoms with Crippen molar-refractivity contribution < 1.29 is 24.2 Å². The van der Waals surface area contributed by atoms with Crippen molar-refractivity contribution in [3.8, 4) is 11.1 Å². The van der Waals surface area contributed by atoms with Gasteiger partial charge in [0.15, 0.2) is 0 Å². The van der Waals surface area contributed by atoms with Crippen LogP contribution in [0.15, 0.2) is 60.2 Å². The number of hydrogen-bond donors (Lipinski definition) is 2. The summed E-state index contributed by atoms with van der Waals surface area (Å²) in [6.07, 6.45) is 1.30. The molecule has 7 heteroatoms. The highest BCUT2D eigenvalue weighted by atomic mass is 16.5. The quantitative estimate of drug-likeness (QED) is 0.637. The van der Waals surface area contributed by atoms with Crippen LogP contribution in [-0.4, -0.2) is 53.2 Å². The van der Waals surface area contributed by atoms with Gasteiger partial charge in [0.05, 0.1) is 11.0 Å². The Labute approximate surface area is 205 Å². The first-order valence-corrected chi connectivity index (χ1v) is 11.9. The van der Waals surface area contributed by atoms with E-state index in [2.05, 4.69) is 29.6 Å². The Bertz CT molecular complexity index is 1150. The first-order valence-electron chi connectivity index (χ1n) is 11.9. The molecule has 2 N–H and O–H groups in total. The second kappa shape index (κ2) is 9.21. The fourth-order valence-electron chi connectivity index (χ4n) is 4.76. The third kappa shape index (κ3) is 4.55. The van der Waals surface area contributed by atoms with Gasteiger partial charge in [-0.05, 0) is 56.4 Å². The predicted octanol–water partition coefficient (Wildman–Crippen LogP) is 4.57. The van der Waals surface area contributed by atoms with Gasteiger partial charge in [0.2, 0.25) is 5.91 Å². The summed E-state index contributed by atoms with van der Waals surface area (Å²) in [7, 11) is 0. The maximum Gasteiger partial charge on any atom is 0.407 e. The lowest BCUT2D eigenvalue weighted by molar-refractivity contribution is -0.144. The summed E-state index contributed by atoms with van der Waals surface area (Å²) in [6, 6.07) is 16.3. The van der Waals surface area contributed by atoms with Crippen molar-refractivity contribution in [2.75, 3.05) is 19.7 Å². The Kier molecular flexibility index (Phi) is 6.45. The molecule has 0 atom stereocenters. The van der Waals surface area contributed by atoms with Gasteiger partial charge in [-0.1, -0.05) is 54.6 Å². The minimum absolute atomic E-state index is 0.0468. The van der Waals surface area contributed by atoms with Crippen LogP contribution in [-0.2, 0) is 14.3 Å². The van der Waals surface area contributed by atoms with Crippen LogP contribution < -0.4 is 5.32 Å². The maximum absolute atomic E-state index is 13.3. The highest BCUT2D eigenvalue weighted by Crippen LogP contribution is 2.44. The van der Waals surface area contributed by atoms with E-state index in [4.69, 9.17) is 9.84 Å². The van der Waals surface area contributed by atoms with Crippen LogP contribution in [0.25, 0.3) is 11.1 Å². The molecule has 0 saturated carbocycles. The molecule has 35 heavy (non-hydrogen) atoms. The smallest absolute Gasteiger partial charge is 0.407 e. The molecule has 2 aliphatic rings. The molecule has 7 nitrogen and oxygen atoms in total. The summed E-state index contributed by atoms with van der Waals surface area (Å²) in [5.41, 5.74) is 3.04. The molecule has 1 aliphatic carbocycles. The summed E-state index contributed by atoms with van der Waals surface area (Å²) < 4.78 is 5.69. The number of ether oxygens (including phenoxy) is 1. The van der Waals surface area contributed by atoms with E-state index in [0.717, 1.165) is 22.3 Å². The Morgan fingerprint density at radius 1 is 1.00 bits per heavy atom. The Morgan fingerprint density at radius 3 is 2.09 bits per heavy atom. The van der Waals surface area contributed by atoms with E-state index in [1.54, 1.807) is 38.7 Å². The molecule has 0 aromatic heterocycles. The number of alkyl carbamates (subject to hydrolysis) is 1. The van der Waals surface area contributed by atoms with Gasteiger partial charge in [-0.15, -0.1) is 0 Å². The lowest BCUT2D eigenvalue weighted by Gasteiger charge is -2.43. The van der Waals surface area contributed by atoms with Crippen molar-refractivity contribution in [3.63, 3.8) is 0 Å². The molecule has 0 bridgehead atoms. The SMILES string of the molecule is CC(C)(NC(=O)OCC1c2ccccc2-c2ccccc21)C(C)(C)C(=O)N1CC=C(C(=O)O)CC1. The molecule has 0 unspecified atom stereocenters. The molecule has 2 aromatic carbocycles. The van der Waals surface area contributed by atoms with Gasteiger partial charge in [-0.3, -0.25) is 4.79 Å². The predicted molar refractivity (Wildman–Crippen MR) is 133 cm³/mol. The van der Waals surface area contributed by atoms with E-state index < -0.39 is 23.0 Å². The van der Waals surface area contributed by atoms with Gasteiger partial charge >= 0.3 is 12.1 Å². The largest absolute Gasteiger partial charge is 0.478 e. The Morgan fingerprint density at radius 2 is 1.57 bits per heavy atom. The number of nitrogens with one attached hydrogen (secondary N) is 1. The van der Waals surface area contributed by atoms with Crippen LogP contribution in [0.3, 0.4) is 0 Å². The third-order valence-electron chi connectivity index (χ3n) is 7.63. The van der Waals surface area contributed by atoms with Gasteiger partial charge in [-0.2, -0.15) is 0 Å². The minimum atomic E-state index is -0.951. The molecule has 0 radical (unpaired) electrons. The number of aliphatic carboxylic acids is 1. The van der Waals surface area contributed by atoms with E-state index in [1.807, 2.05) is 24.3 Å². The minimum Gasteiger partial charge on any atom is -0.478 e. The number of carboxylic acid groups (broad SMARTS) is 1. The van der Waals surface area contributed by atoms with Crippen LogP contribution in [0.5, 0.6) is 0 Å². The van der Waals surface area contributed by atoms with E-state index in [-0.39, 0.29) is 25.0 Å². The summed E-state index contributed by atoms with van der Waals surface area (Å²) in [5.74, 6) is -1.15. The maximum atomic E-state index is 13.3. The molecule has 4 rings (SSSR count). The zero-order valence-corrected chi connectivity index (χ0v) is 20.6. The van der Waals surface area contributed by atoms with Crippen molar-refractivity contribution in [2.24, 2.45) is 5.41 Å². The van der Waals surface area contributed by atoms with Gasteiger partial charge in [0.25, 0.3) is 0 Å². The van der Waals surface area contributed by atoms with Crippen molar-refractivity contribution in [3.05, 3.63) is 71.3 Å². The van der Waals surface area contributed by atoms with E-state index in [9.17, 15) is 14.4 Å². The lowest BCUT2D eigenvalue weighted by Crippen LogP contribution is -2.60. The summed E-state index contributed by atoms with van der Waals surface area (Å²) in [5, 5.41) is 12.1. The molecule has 2 amide bonds. The van der Waals surface area contributed by atoms with Crippen LogP contribution >= 0.6 is 0 Å². The second-order valence-corrected chi connectivity index (χ2v) is 10.2. The number of carboxylic acids is 1. The first-order chi connectivity index (χ1) is 16.5. The number of nitrogens with zero attached hydrogens (tertiary/aromatic N) is 1. The standard InChI is InChI=1S/C28H32N2O5/c1-27(2,25(33)30-15-13-18(14-16-30)24(31)32)28(3,4)29-26(34)35-17-23-21-11-7-5-9-19(21)20-10-6-8-12-22(20)23/h5-13,23H,14-17H2,1-4H3,(H,29,34)(H,31,32). The highest BCUT2D eigenvalue weighted by molar-refractivity contribution is 5.89. The van der Waals surface area contributed by atoms with Crippen LogP contribution in [0.4, 0.5) is 4.79 Å². The summed E-state index contributed by atoms with van der Waals surface area (Å²) in [4.78, 5) is 39.0. The van der Waals surface area contributed by atoms with Gasteiger partial charge in [0.1, 0.15) is 6.61 Å². The fourth-order valence-corrected chi connectivity index (χ4v) is 4.76. The number of hydrogen-bond acceptors (Lipinski definition) is 4. The van der Waals surface area contributed by atoms with Crippen molar-refractivity contribution in [2.45, 2.75) is 45.6 Å². The molecular formula is C28H32N2O5. The van der Waals surface area contributed by atoms with Crippen molar-refractivity contribution in [1.29, 1.82) is 0 Å². The number of benzene rings is 2. The Balaban J connectivity index is 1.41. The van der Waals surface area contributed by atoms with E-state index in [0.29, 0.717) is 18.5 Å². The molecule has 0 fully saturated rings. The zero-order chi connectivity index (χ0) is 25.4. The van der Waals surface area contributed by atoms with Crippen LogP contribution in [0.2, 0.25) is 0 Å². The average molecular weight is 477 g/mol. The number of carbonyl (C=O) groups is 3. The van der Waals surface area contributed by atoms with Gasteiger partial charge in [0, 0.05) is 24.6 Å². The number of carbonyl (C=O) groups excluding carboxylic acids is 2. The zero-order valence-electron chi connectivity index (χ0n) is 20.6. The number of amides is 2. The van der Waals surface area contributed by atoms with Crippen LogP contribution in [0, 0.1) is 5.41 Å². The molecule has 2 aromatic rings. The fraction of sp³-hybridized carbons (Fsp3) is 0.393. The summed E-state index contributed by atoms with van der Waals surface area (Å²) in [6.45, 7) is 7.94. The van der Waals surface area contributed by atoms with Crippen molar-refractivity contribution in [1.82, 2.24) is 10.2 Å². The monoisotopic (exact) mass is 476 g/mol. The van der Waals surface area contributed by atoms with Gasteiger partial charge in [-0.25, -0.2) is 9.59 Å². The number of fused-ring (bicyclic) bond motifs is 3. The molecule has 184 valence electrons. The normalized spacial score (nSPS) is 15.7. The Hall–Kier alpha value is -3.61. The van der Waals surface area contributed by atoms with E-state index in [1.165, 1.54) is 0 Å². The molecule has 0 saturated heterocycles. The van der Waals surface area contributed by atoms with Gasteiger partial charge < -0.3 is 20.1 Å². The van der Waals surface area contributed by atoms with Crippen LogP contribution in [0.1, 0.15) is 51.2 Å². The second-order valence-electron chi connectivity index (χ2n) is 10.2. The summed E-state index contributed by atoms with van der Waals surface area (Å²) >= 11 is 0. The average Bonchev–Trinajstić information content (AvgIpc) is 3.15. The highest BCUT2D eigenvalue weighted by Gasteiger charge is 2.47. The van der Waals surface area contributed by atoms with Crippen molar-refractivity contribution >= 4 is 18.0 Å². The molecule has 1 heterocycles. The third-order valence-corrected chi connectivity index (χ3v) is 7.63. The molecule has 1 aliphatic heterocycles. The molecule has 0 spiro atoms. The topological polar surface area (TPSA) is 95.9 Å². The molecular weight excluding hydrogens is 444 g/mol. The number of rotatable bonds is 6. The van der Waals surface area contributed by atoms with E-state index >= 15 is 0 Å². The first kappa shape index (κ1) is 24.5. The lowest BCUT2D eigenvalue weighted by atomic mass is 9.73.